The van der Waals surface area contributed by atoms with Crippen molar-refractivity contribution < 1.29 is 14.3 Å². The van der Waals surface area contributed by atoms with Crippen LogP contribution in [-0.4, -0.2) is 35.4 Å². The molecule has 0 fully saturated rings. The average molecular weight is 479 g/mol. The van der Waals surface area contributed by atoms with Gasteiger partial charge in [0.25, 0.3) is 5.91 Å². The average Bonchev–Trinajstić information content (AvgIpc) is 2.80. The van der Waals surface area contributed by atoms with Gasteiger partial charge in [-0.25, -0.2) is 0 Å². The van der Waals surface area contributed by atoms with E-state index in [1.165, 1.54) is 0 Å². The summed E-state index contributed by atoms with van der Waals surface area (Å²) in [6, 6.07) is 23.8. The van der Waals surface area contributed by atoms with Crippen LogP contribution in [0.1, 0.15) is 30.5 Å². The van der Waals surface area contributed by atoms with Gasteiger partial charge in [-0.2, -0.15) is 0 Å². The molecule has 0 saturated carbocycles. The Morgan fingerprint density at radius 2 is 1.65 bits per heavy atom. The third-order valence-corrected chi connectivity index (χ3v) is 5.53. The molecule has 1 N–H and O–H groups in total. The minimum absolute atomic E-state index is 0.0579. The molecular formula is C28H31ClN2O3. The summed E-state index contributed by atoms with van der Waals surface area (Å²) in [7, 11) is 0. The topological polar surface area (TPSA) is 58.6 Å². The van der Waals surface area contributed by atoms with Crippen LogP contribution in [0.2, 0.25) is 5.02 Å². The second kappa shape index (κ2) is 12.2. The molecule has 0 aliphatic heterocycles. The Balaban J connectivity index is 1.91. The Hall–Kier alpha value is -3.31. The van der Waals surface area contributed by atoms with Crippen LogP contribution in [0.4, 0.5) is 0 Å². The summed E-state index contributed by atoms with van der Waals surface area (Å²) in [5.41, 5.74) is 2.85. The van der Waals surface area contributed by atoms with Crippen LogP contribution < -0.4 is 10.1 Å². The van der Waals surface area contributed by atoms with Gasteiger partial charge in [-0.1, -0.05) is 66.2 Å². The molecule has 0 radical (unpaired) electrons. The second-order valence-electron chi connectivity index (χ2n) is 8.63. The Labute approximate surface area is 206 Å². The predicted molar refractivity (Wildman–Crippen MR) is 136 cm³/mol. The summed E-state index contributed by atoms with van der Waals surface area (Å²) >= 11 is 6.20. The number of nitrogens with one attached hydrogen (secondary N) is 1. The smallest absolute Gasteiger partial charge is 0.261 e. The lowest BCUT2D eigenvalue weighted by atomic mass is 10.0. The van der Waals surface area contributed by atoms with Crippen LogP contribution in [0.25, 0.3) is 0 Å². The van der Waals surface area contributed by atoms with Crippen molar-refractivity contribution in [3.05, 3.63) is 101 Å². The molecule has 5 nitrogen and oxygen atoms in total. The van der Waals surface area contributed by atoms with E-state index in [2.05, 4.69) is 5.32 Å². The lowest BCUT2D eigenvalue weighted by molar-refractivity contribution is -0.143. The third-order valence-electron chi connectivity index (χ3n) is 5.30. The largest absolute Gasteiger partial charge is 0.484 e. The fourth-order valence-electron chi connectivity index (χ4n) is 3.70. The monoisotopic (exact) mass is 478 g/mol. The minimum atomic E-state index is -0.711. The number of halogens is 1. The molecular weight excluding hydrogens is 448 g/mol. The number of aryl methyl sites for hydroxylation is 1. The summed E-state index contributed by atoms with van der Waals surface area (Å²) in [4.78, 5) is 28.4. The molecule has 0 saturated heterocycles. The van der Waals surface area contributed by atoms with E-state index in [0.29, 0.717) is 17.2 Å². The molecule has 0 aromatic heterocycles. The molecule has 178 valence electrons. The van der Waals surface area contributed by atoms with Crippen molar-refractivity contribution in [2.24, 2.45) is 0 Å². The predicted octanol–water partition coefficient (Wildman–Crippen LogP) is 5.19. The number of ether oxygens (including phenoxy) is 1. The molecule has 3 aromatic carbocycles. The summed E-state index contributed by atoms with van der Waals surface area (Å²) in [5, 5.41) is 3.55. The van der Waals surface area contributed by atoms with Gasteiger partial charge in [0.1, 0.15) is 11.8 Å². The standard InChI is InChI=1S/C28H31ClN2O3/c1-20(2)30-28(33)26(17-22-10-5-4-6-11-22)31(18-23-12-8-13-24(29)16-23)27(32)19-34-25-14-7-9-21(3)15-25/h4-16,20,26H,17-19H2,1-3H3,(H,30,33)/t26-/m1/s1. The number of amides is 2. The molecule has 0 spiro atoms. The van der Waals surface area contributed by atoms with Crippen molar-refractivity contribution in [3.63, 3.8) is 0 Å². The highest BCUT2D eigenvalue weighted by Gasteiger charge is 2.31. The van der Waals surface area contributed by atoms with Gasteiger partial charge in [-0.15, -0.1) is 0 Å². The molecule has 6 heteroatoms. The number of rotatable bonds is 10. The Kier molecular flexibility index (Phi) is 9.11. The fraction of sp³-hybridized carbons (Fsp3) is 0.286. The molecule has 0 unspecified atom stereocenters. The van der Waals surface area contributed by atoms with Crippen molar-refractivity contribution in [3.8, 4) is 5.75 Å². The first-order valence-corrected chi connectivity index (χ1v) is 11.8. The zero-order chi connectivity index (χ0) is 24.5. The first-order chi connectivity index (χ1) is 16.3. The molecule has 3 aromatic rings. The zero-order valence-electron chi connectivity index (χ0n) is 19.8. The van der Waals surface area contributed by atoms with E-state index < -0.39 is 6.04 Å². The van der Waals surface area contributed by atoms with E-state index in [1.54, 1.807) is 11.0 Å². The van der Waals surface area contributed by atoms with Gasteiger partial charge in [-0.05, 0) is 61.7 Å². The van der Waals surface area contributed by atoms with Crippen molar-refractivity contribution in [1.82, 2.24) is 10.2 Å². The van der Waals surface area contributed by atoms with Crippen LogP contribution in [0.3, 0.4) is 0 Å². The summed E-state index contributed by atoms with van der Waals surface area (Å²) in [6.45, 7) is 5.83. The van der Waals surface area contributed by atoms with E-state index in [0.717, 1.165) is 16.7 Å². The molecule has 0 bridgehead atoms. The van der Waals surface area contributed by atoms with E-state index in [4.69, 9.17) is 16.3 Å². The number of hydrogen-bond donors (Lipinski definition) is 1. The third kappa shape index (κ3) is 7.63. The van der Waals surface area contributed by atoms with Crippen LogP contribution in [-0.2, 0) is 22.6 Å². The van der Waals surface area contributed by atoms with Crippen LogP contribution >= 0.6 is 11.6 Å². The van der Waals surface area contributed by atoms with Crippen molar-refractivity contribution in [2.75, 3.05) is 6.61 Å². The fourth-order valence-corrected chi connectivity index (χ4v) is 3.91. The van der Waals surface area contributed by atoms with Crippen LogP contribution in [0.15, 0.2) is 78.9 Å². The SMILES string of the molecule is Cc1cccc(OCC(=O)N(Cc2cccc(Cl)c2)[C@H](Cc2ccccc2)C(=O)NC(C)C)c1. The van der Waals surface area contributed by atoms with Gasteiger partial charge in [0.05, 0.1) is 0 Å². The highest BCUT2D eigenvalue weighted by molar-refractivity contribution is 6.30. The summed E-state index contributed by atoms with van der Waals surface area (Å²) in [6.07, 6.45) is 0.385. The molecule has 0 aliphatic carbocycles. The maximum absolute atomic E-state index is 13.5. The number of hydrogen-bond acceptors (Lipinski definition) is 3. The second-order valence-corrected chi connectivity index (χ2v) is 9.06. The lowest BCUT2D eigenvalue weighted by Gasteiger charge is -2.32. The Morgan fingerprint density at radius 3 is 2.32 bits per heavy atom. The molecule has 0 aliphatic rings. The van der Waals surface area contributed by atoms with Crippen molar-refractivity contribution >= 4 is 23.4 Å². The van der Waals surface area contributed by atoms with Crippen molar-refractivity contribution in [1.29, 1.82) is 0 Å². The normalized spacial score (nSPS) is 11.7. The maximum atomic E-state index is 13.5. The molecule has 3 rings (SSSR count). The maximum Gasteiger partial charge on any atom is 0.261 e. The Morgan fingerprint density at radius 1 is 0.941 bits per heavy atom. The molecule has 2 amide bonds. The molecule has 0 heterocycles. The van der Waals surface area contributed by atoms with E-state index in [9.17, 15) is 9.59 Å². The van der Waals surface area contributed by atoms with Gasteiger partial charge in [-0.3, -0.25) is 9.59 Å². The minimum Gasteiger partial charge on any atom is -0.484 e. The number of nitrogens with zero attached hydrogens (tertiary/aromatic N) is 1. The van der Waals surface area contributed by atoms with Crippen molar-refractivity contribution in [2.45, 2.75) is 45.8 Å². The first kappa shape index (κ1) is 25.3. The van der Waals surface area contributed by atoms with Gasteiger partial charge < -0.3 is 15.0 Å². The molecule has 1 atom stereocenters. The van der Waals surface area contributed by atoms with E-state index in [-0.39, 0.29) is 31.0 Å². The molecule has 34 heavy (non-hydrogen) atoms. The summed E-state index contributed by atoms with van der Waals surface area (Å²) < 4.78 is 5.80. The quantitative estimate of drug-likeness (QED) is 0.436. The van der Waals surface area contributed by atoms with Crippen LogP contribution in [0, 0.1) is 6.92 Å². The zero-order valence-corrected chi connectivity index (χ0v) is 20.6. The highest BCUT2D eigenvalue weighted by Crippen LogP contribution is 2.19. The number of carbonyl (C=O) groups excluding carboxylic acids is 2. The van der Waals surface area contributed by atoms with Gasteiger partial charge >= 0.3 is 0 Å². The highest BCUT2D eigenvalue weighted by atomic mass is 35.5. The van der Waals surface area contributed by atoms with E-state index >= 15 is 0 Å². The van der Waals surface area contributed by atoms with Crippen LogP contribution in [0.5, 0.6) is 5.75 Å². The summed E-state index contributed by atoms with van der Waals surface area (Å²) in [5.74, 6) is 0.133. The van der Waals surface area contributed by atoms with Gasteiger partial charge in [0, 0.05) is 24.0 Å². The van der Waals surface area contributed by atoms with Gasteiger partial charge in [0.15, 0.2) is 6.61 Å². The van der Waals surface area contributed by atoms with Gasteiger partial charge in [0.2, 0.25) is 5.91 Å². The van der Waals surface area contributed by atoms with E-state index in [1.807, 2.05) is 93.6 Å². The lowest BCUT2D eigenvalue weighted by Crippen LogP contribution is -2.52. The first-order valence-electron chi connectivity index (χ1n) is 11.4. The number of carbonyl (C=O) groups is 2. The number of benzene rings is 3. The Bertz CT molecular complexity index is 1100.